The van der Waals surface area contributed by atoms with Crippen LogP contribution in [0.4, 0.5) is 0 Å². The van der Waals surface area contributed by atoms with Crippen LogP contribution in [0.25, 0.3) is 0 Å². The molecular weight excluding hydrogens is 312 g/mol. The molecule has 24 heavy (non-hydrogen) atoms. The molecule has 1 nitrogen and oxygen atoms in total. The van der Waals surface area contributed by atoms with Gasteiger partial charge < -0.3 is 0 Å². The van der Waals surface area contributed by atoms with Gasteiger partial charge in [-0.15, -0.1) is 18.2 Å². The molecule has 6 atom stereocenters. The third-order valence-corrected chi connectivity index (χ3v) is 9.61. The first-order chi connectivity index (χ1) is 11.5. The quantitative estimate of drug-likeness (QED) is 0.637. The van der Waals surface area contributed by atoms with Gasteiger partial charge in [0, 0.05) is 6.42 Å². The van der Waals surface area contributed by atoms with Crippen molar-refractivity contribution < 1.29 is 4.79 Å². The number of fused-ring (bicyclic) bond motifs is 5. The minimum absolute atomic E-state index is 0.0655. The standard InChI is InChI=1S/C22H30OS/c1-4-22(24-5-2)13-11-20-19-8-6-15-14-16(23)7-9-17(15)18(19)10-12-21(20,22)3/h1,14,17-20H,5-13H2,2-3H3/t17?,18?,19?,20?,21-,22+/m0/s1. The summed E-state index contributed by atoms with van der Waals surface area (Å²) < 4.78 is 0.0655. The molecule has 0 heterocycles. The highest BCUT2D eigenvalue weighted by Gasteiger charge is 2.62. The Morgan fingerprint density at radius 3 is 2.79 bits per heavy atom. The van der Waals surface area contributed by atoms with Crippen molar-refractivity contribution >= 4 is 17.5 Å². The van der Waals surface area contributed by atoms with E-state index in [1.807, 2.05) is 17.8 Å². The van der Waals surface area contributed by atoms with Crippen LogP contribution in [-0.4, -0.2) is 16.3 Å². The summed E-state index contributed by atoms with van der Waals surface area (Å²) >= 11 is 2.04. The van der Waals surface area contributed by atoms with Gasteiger partial charge in [-0.25, -0.2) is 0 Å². The molecule has 0 amide bonds. The molecule has 4 rings (SSSR count). The molecule has 0 aromatic heterocycles. The first-order valence-corrected chi connectivity index (χ1v) is 10.9. The highest BCUT2D eigenvalue weighted by molar-refractivity contribution is 8.00. The van der Waals surface area contributed by atoms with Gasteiger partial charge in [-0.1, -0.05) is 25.3 Å². The first kappa shape index (κ1) is 16.8. The molecule has 0 saturated heterocycles. The monoisotopic (exact) mass is 342 g/mol. The summed E-state index contributed by atoms with van der Waals surface area (Å²) in [5, 5.41) is 0. The number of terminal acetylenes is 1. The molecule has 0 radical (unpaired) electrons. The number of thioether (sulfide) groups is 1. The molecule has 4 aliphatic carbocycles. The van der Waals surface area contributed by atoms with Crippen molar-refractivity contribution in [2.75, 3.05) is 5.75 Å². The Morgan fingerprint density at radius 1 is 1.21 bits per heavy atom. The van der Waals surface area contributed by atoms with Crippen molar-refractivity contribution in [1.29, 1.82) is 0 Å². The van der Waals surface area contributed by atoms with Crippen LogP contribution in [0.1, 0.15) is 65.2 Å². The minimum atomic E-state index is 0.0655. The summed E-state index contributed by atoms with van der Waals surface area (Å²) in [4.78, 5) is 11.8. The molecule has 0 aliphatic heterocycles. The van der Waals surface area contributed by atoms with Crippen molar-refractivity contribution in [2.45, 2.75) is 70.0 Å². The number of allylic oxidation sites excluding steroid dienone is 1. The van der Waals surface area contributed by atoms with Crippen LogP contribution in [0.3, 0.4) is 0 Å². The van der Waals surface area contributed by atoms with Gasteiger partial charge in [0.1, 0.15) is 0 Å². The lowest BCUT2D eigenvalue weighted by atomic mass is 9.51. The third kappa shape index (κ3) is 2.20. The Labute approximate surface area is 151 Å². The van der Waals surface area contributed by atoms with Crippen LogP contribution in [-0.2, 0) is 4.79 Å². The SMILES string of the molecule is C#C[C@@]1(SCC)CCC2C3CCC4=CC(=O)CCC4C3CC[C@@]21C. The minimum Gasteiger partial charge on any atom is -0.295 e. The average Bonchev–Trinajstić information content (AvgIpc) is 2.88. The Morgan fingerprint density at radius 2 is 2.04 bits per heavy atom. The van der Waals surface area contributed by atoms with Crippen molar-refractivity contribution in [3.05, 3.63) is 11.6 Å². The molecule has 130 valence electrons. The summed E-state index contributed by atoms with van der Waals surface area (Å²) in [5.74, 6) is 7.93. The Bertz CT molecular complexity index is 614. The van der Waals surface area contributed by atoms with Crippen LogP contribution in [0, 0.1) is 41.4 Å². The molecule has 4 unspecified atom stereocenters. The van der Waals surface area contributed by atoms with E-state index in [4.69, 9.17) is 6.42 Å². The van der Waals surface area contributed by atoms with Gasteiger partial charge in [0.15, 0.2) is 5.78 Å². The maximum absolute atomic E-state index is 11.8. The molecule has 0 aromatic carbocycles. The number of hydrogen-bond donors (Lipinski definition) is 0. The van der Waals surface area contributed by atoms with E-state index < -0.39 is 0 Å². The van der Waals surface area contributed by atoms with E-state index in [9.17, 15) is 4.79 Å². The fraction of sp³-hybridized carbons (Fsp3) is 0.773. The predicted molar refractivity (Wildman–Crippen MR) is 102 cm³/mol. The van der Waals surface area contributed by atoms with Gasteiger partial charge in [0.05, 0.1) is 4.75 Å². The van der Waals surface area contributed by atoms with E-state index in [0.717, 1.165) is 42.8 Å². The van der Waals surface area contributed by atoms with Crippen LogP contribution in [0.5, 0.6) is 0 Å². The zero-order valence-corrected chi connectivity index (χ0v) is 16.0. The van der Waals surface area contributed by atoms with Gasteiger partial charge in [-0.2, -0.15) is 0 Å². The highest BCUT2D eigenvalue weighted by atomic mass is 32.2. The van der Waals surface area contributed by atoms with Gasteiger partial charge in [-0.05, 0) is 85.9 Å². The number of carbonyl (C=O) groups is 1. The number of ketones is 1. The maximum Gasteiger partial charge on any atom is 0.155 e. The van der Waals surface area contributed by atoms with Crippen molar-refractivity contribution in [2.24, 2.45) is 29.1 Å². The molecule has 0 bridgehead atoms. The van der Waals surface area contributed by atoms with E-state index in [0.29, 0.717) is 17.1 Å². The van der Waals surface area contributed by atoms with Crippen LogP contribution in [0.15, 0.2) is 11.6 Å². The Kier molecular flexibility index (Phi) is 4.15. The van der Waals surface area contributed by atoms with E-state index in [2.05, 4.69) is 19.8 Å². The Balaban J connectivity index is 1.64. The first-order valence-electron chi connectivity index (χ1n) is 9.89. The third-order valence-electron chi connectivity index (χ3n) is 8.04. The Hall–Kier alpha value is -0.680. The fourth-order valence-corrected chi connectivity index (χ4v) is 8.36. The van der Waals surface area contributed by atoms with Crippen LogP contribution in [0.2, 0.25) is 0 Å². The van der Waals surface area contributed by atoms with Gasteiger partial charge >= 0.3 is 0 Å². The summed E-state index contributed by atoms with van der Waals surface area (Å²) in [6, 6.07) is 0. The smallest absolute Gasteiger partial charge is 0.155 e. The molecule has 4 aliphatic rings. The maximum atomic E-state index is 11.8. The normalized spacial score (nSPS) is 47.2. The average molecular weight is 343 g/mol. The van der Waals surface area contributed by atoms with Crippen LogP contribution < -0.4 is 0 Å². The number of rotatable bonds is 2. The summed E-state index contributed by atoms with van der Waals surface area (Å²) in [5.41, 5.74) is 1.80. The van der Waals surface area contributed by atoms with Gasteiger partial charge in [-0.3, -0.25) is 4.79 Å². The molecule has 0 spiro atoms. The lowest BCUT2D eigenvalue weighted by Gasteiger charge is -2.55. The highest BCUT2D eigenvalue weighted by Crippen LogP contribution is 2.67. The molecule has 0 N–H and O–H groups in total. The second-order valence-electron chi connectivity index (χ2n) is 8.70. The molecule has 2 heteroatoms. The molecule has 0 aromatic rings. The molecular formula is C22H30OS. The lowest BCUT2D eigenvalue weighted by Crippen LogP contribution is -2.51. The largest absolute Gasteiger partial charge is 0.295 e. The zero-order chi connectivity index (χ0) is 16.9. The predicted octanol–water partition coefficient (Wildman–Crippen LogP) is 5.25. The number of hydrogen-bond acceptors (Lipinski definition) is 2. The zero-order valence-electron chi connectivity index (χ0n) is 15.1. The van der Waals surface area contributed by atoms with Gasteiger partial charge in [0.25, 0.3) is 0 Å². The fourth-order valence-electron chi connectivity index (χ4n) is 6.94. The van der Waals surface area contributed by atoms with Gasteiger partial charge in [0.2, 0.25) is 0 Å². The summed E-state index contributed by atoms with van der Waals surface area (Å²) in [6.45, 7) is 4.77. The van der Waals surface area contributed by atoms with E-state index >= 15 is 0 Å². The summed E-state index contributed by atoms with van der Waals surface area (Å²) in [6.07, 6.45) is 17.6. The van der Waals surface area contributed by atoms with Crippen molar-refractivity contribution in [1.82, 2.24) is 0 Å². The second kappa shape index (κ2) is 5.94. The van der Waals surface area contributed by atoms with E-state index in [1.165, 1.54) is 37.7 Å². The second-order valence-corrected chi connectivity index (χ2v) is 10.3. The van der Waals surface area contributed by atoms with E-state index in [-0.39, 0.29) is 4.75 Å². The van der Waals surface area contributed by atoms with E-state index in [1.54, 1.807) is 0 Å². The lowest BCUT2D eigenvalue weighted by molar-refractivity contribution is -0.116. The molecule has 3 fully saturated rings. The topological polar surface area (TPSA) is 17.1 Å². The van der Waals surface area contributed by atoms with Crippen LogP contribution >= 0.6 is 11.8 Å². The van der Waals surface area contributed by atoms with Crippen molar-refractivity contribution in [3.63, 3.8) is 0 Å². The number of carbonyl (C=O) groups excluding carboxylic acids is 1. The molecule has 3 saturated carbocycles. The summed E-state index contributed by atoms with van der Waals surface area (Å²) in [7, 11) is 0. The van der Waals surface area contributed by atoms with Crippen molar-refractivity contribution in [3.8, 4) is 12.3 Å².